The Labute approximate surface area is 79.4 Å². The van der Waals surface area contributed by atoms with E-state index in [2.05, 4.69) is 25.2 Å². The molecule has 1 atom stereocenters. The summed E-state index contributed by atoms with van der Waals surface area (Å²) in [5.41, 5.74) is 1.62. The average Bonchev–Trinajstić information content (AvgIpc) is 2.05. The van der Waals surface area contributed by atoms with Gasteiger partial charge < -0.3 is 5.32 Å². The fourth-order valence-electron chi connectivity index (χ4n) is 2.35. The van der Waals surface area contributed by atoms with Gasteiger partial charge in [0.25, 0.3) is 0 Å². The lowest BCUT2D eigenvalue weighted by atomic mass is 9.72. The summed E-state index contributed by atoms with van der Waals surface area (Å²) in [6.45, 7) is 4.60. The highest BCUT2D eigenvalue weighted by atomic mass is 16.1. The third kappa shape index (κ3) is 1.77. The Morgan fingerprint density at radius 3 is 3.08 bits per heavy atom. The number of hydrogen-bond donors (Lipinski definition) is 1. The third-order valence-corrected chi connectivity index (χ3v) is 3.12. The van der Waals surface area contributed by atoms with Gasteiger partial charge in [-0.15, -0.1) is 0 Å². The van der Waals surface area contributed by atoms with Crippen molar-refractivity contribution in [3.63, 3.8) is 0 Å². The molecule has 1 amide bonds. The minimum atomic E-state index is 0.196. The first-order valence-electron chi connectivity index (χ1n) is 5.07. The number of amides is 1. The van der Waals surface area contributed by atoms with Crippen molar-refractivity contribution in [2.24, 2.45) is 11.3 Å². The van der Waals surface area contributed by atoms with Crippen molar-refractivity contribution in [1.29, 1.82) is 0 Å². The molecule has 0 spiro atoms. The van der Waals surface area contributed by atoms with Crippen LogP contribution in [-0.4, -0.2) is 5.91 Å². The molecule has 1 saturated heterocycles. The molecule has 2 heteroatoms. The quantitative estimate of drug-likeness (QED) is 0.607. The normalized spacial score (nSPS) is 31.7. The molecule has 1 aliphatic heterocycles. The van der Waals surface area contributed by atoms with Crippen LogP contribution in [0.1, 0.15) is 39.5 Å². The number of carbonyl (C=O) groups is 1. The fraction of sp³-hybridized carbons (Fsp3) is 0.727. The van der Waals surface area contributed by atoms with Crippen LogP contribution in [0.25, 0.3) is 0 Å². The Hall–Kier alpha value is -0.790. The van der Waals surface area contributed by atoms with Gasteiger partial charge in [-0.1, -0.05) is 19.9 Å². The van der Waals surface area contributed by atoms with E-state index in [0.29, 0.717) is 17.8 Å². The monoisotopic (exact) mass is 179 g/mol. The lowest BCUT2D eigenvalue weighted by Gasteiger charge is -2.37. The van der Waals surface area contributed by atoms with Crippen molar-refractivity contribution in [1.82, 2.24) is 5.32 Å². The van der Waals surface area contributed by atoms with Gasteiger partial charge in [-0.2, -0.15) is 0 Å². The number of hydrogen-bond acceptors (Lipinski definition) is 1. The smallest absolute Gasteiger partial charge is 0.224 e. The topological polar surface area (TPSA) is 29.1 Å². The number of piperidine rings is 1. The summed E-state index contributed by atoms with van der Waals surface area (Å²) in [5.74, 6) is 0.809. The van der Waals surface area contributed by atoms with Gasteiger partial charge in [0, 0.05) is 12.1 Å². The average molecular weight is 179 g/mol. The molecular weight excluding hydrogens is 162 g/mol. The van der Waals surface area contributed by atoms with Crippen molar-refractivity contribution in [2.75, 3.05) is 0 Å². The molecule has 13 heavy (non-hydrogen) atoms. The van der Waals surface area contributed by atoms with E-state index in [1.165, 1.54) is 12.1 Å². The molecule has 0 aromatic rings. The summed E-state index contributed by atoms with van der Waals surface area (Å²) in [4.78, 5) is 11.1. The Morgan fingerprint density at radius 1 is 1.54 bits per heavy atom. The third-order valence-electron chi connectivity index (χ3n) is 3.12. The van der Waals surface area contributed by atoms with Crippen LogP contribution in [0.4, 0.5) is 0 Å². The van der Waals surface area contributed by atoms with Gasteiger partial charge in [-0.05, 0) is 30.6 Å². The highest BCUT2D eigenvalue weighted by molar-refractivity contribution is 5.79. The largest absolute Gasteiger partial charge is 0.330 e. The molecule has 1 N–H and O–H groups in total. The molecular formula is C11H17NO. The SMILES string of the molecule is CC1(C)CC=C2NC(=O)CCC2C1. The first kappa shape index (κ1) is 8.79. The Kier molecular flexibility index (Phi) is 1.94. The number of fused-ring (bicyclic) bond motifs is 1. The summed E-state index contributed by atoms with van der Waals surface area (Å²) >= 11 is 0. The van der Waals surface area contributed by atoms with Crippen molar-refractivity contribution in [3.05, 3.63) is 11.8 Å². The minimum absolute atomic E-state index is 0.196. The van der Waals surface area contributed by atoms with Crippen LogP contribution >= 0.6 is 0 Å². The molecule has 2 rings (SSSR count). The van der Waals surface area contributed by atoms with Gasteiger partial charge in [0.15, 0.2) is 0 Å². The lowest BCUT2D eigenvalue weighted by molar-refractivity contribution is -0.122. The molecule has 1 heterocycles. The Morgan fingerprint density at radius 2 is 2.31 bits per heavy atom. The Bertz CT molecular complexity index is 265. The zero-order valence-corrected chi connectivity index (χ0v) is 8.39. The van der Waals surface area contributed by atoms with E-state index < -0.39 is 0 Å². The molecule has 0 aromatic carbocycles. The van der Waals surface area contributed by atoms with Crippen LogP contribution < -0.4 is 5.32 Å². The van der Waals surface area contributed by atoms with E-state index in [-0.39, 0.29) is 5.91 Å². The van der Waals surface area contributed by atoms with E-state index in [1.807, 2.05) is 0 Å². The van der Waals surface area contributed by atoms with Crippen molar-refractivity contribution < 1.29 is 4.79 Å². The summed E-state index contributed by atoms with van der Waals surface area (Å²) in [5, 5.41) is 2.98. The predicted octanol–water partition coefficient (Wildman–Crippen LogP) is 2.22. The van der Waals surface area contributed by atoms with Gasteiger partial charge in [0.2, 0.25) is 5.91 Å². The maximum absolute atomic E-state index is 11.1. The Balaban J connectivity index is 2.16. The van der Waals surface area contributed by atoms with Crippen LogP contribution in [0.3, 0.4) is 0 Å². The van der Waals surface area contributed by atoms with E-state index in [9.17, 15) is 4.79 Å². The molecule has 0 saturated carbocycles. The maximum atomic E-state index is 11.1. The molecule has 0 radical (unpaired) electrons. The number of rotatable bonds is 0. The van der Waals surface area contributed by atoms with E-state index >= 15 is 0 Å². The second-order valence-electron chi connectivity index (χ2n) is 5.02. The van der Waals surface area contributed by atoms with Gasteiger partial charge >= 0.3 is 0 Å². The summed E-state index contributed by atoms with van der Waals surface area (Å²) in [6.07, 6.45) is 6.28. The summed E-state index contributed by atoms with van der Waals surface area (Å²) < 4.78 is 0. The predicted molar refractivity (Wildman–Crippen MR) is 52.0 cm³/mol. The van der Waals surface area contributed by atoms with Gasteiger partial charge in [-0.3, -0.25) is 4.79 Å². The molecule has 0 aromatic heterocycles. The molecule has 0 bridgehead atoms. The van der Waals surface area contributed by atoms with E-state index in [0.717, 1.165) is 12.8 Å². The van der Waals surface area contributed by atoms with E-state index in [1.54, 1.807) is 0 Å². The van der Waals surface area contributed by atoms with Gasteiger partial charge in [-0.25, -0.2) is 0 Å². The van der Waals surface area contributed by atoms with Crippen molar-refractivity contribution in [2.45, 2.75) is 39.5 Å². The van der Waals surface area contributed by atoms with Gasteiger partial charge in [0.1, 0.15) is 0 Å². The molecule has 2 nitrogen and oxygen atoms in total. The molecule has 1 unspecified atom stereocenters. The maximum Gasteiger partial charge on any atom is 0.224 e. The summed E-state index contributed by atoms with van der Waals surface area (Å²) in [7, 11) is 0. The van der Waals surface area contributed by atoms with Crippen molar-refractivity contribution >= 4 is 5.91 Å². The number of nitrogens with one attached hydrogen (secondary N) is 1. The lowest BCUT2D eigenvalue weighted by Crippen LogP contribution is -2.37. The molecule has 2 aliphatic rings. The second kappa shape index (κ2) is 2.86. The van der Waals surface area contributed by atoms with E-state index in [4.69, 9.17) is 0 Å². The minimum Gasteiger partial charge on any atom is -0.330 e. The van der Waals surface area contributed by atoms with Crippen LogP contribution in [0.5, 0.6) is 0 Å². The van der Waals surface area contributed by atoms with Crippen LogP contribution in [0, 0.1) is 11.3 Å². The summed E-state index contributed by atoms with van der Waals surface area (Å²) in [6, 6.07) is 0. The highest BCUT2D eigenvalue weighted by Crippen LogP contribution is 2.40. The molecule has 72 valence electrons. The zero-order chi connectivity index (χ0) is 9.47. The standard InChI is InChI=1S/C11H17NO/c1-11(2)6-5-9-8(7-11)3-4-10(13)12-9/h5,8H,3-4,6-7H2,1-2H3,(H,12,13). The first-order chi connectivity index (χ1) is 6.07. The first-order valence-corrected chi connectivity index (χ1v) is 5.07. The number of carbonyl (C=O) groups excluding carboxylic acids is 1. The number of allylic oxidation sites excluding steroid dienone is 2. The van der Waals surface area contributed by atoms with Gasteiger partial charge in [0.05, 0.1) is 0 Å². The molecule has 1 fully saturated rings. The zero-order valence-electron chi connectivity index (χ0n) is 8.39. The fourth-order valence-corrected chi connectivity index (χ4v) is 2.35. The second-order valence-corrected chi connectivity index (χ2v) is 5.02. The highest BCUT2D eigenvalue weighted by Gasteiger charge is 2.32. The molecule has 1 aliphatic carbocycles. The van der Waals surface area contributed by atoms with Crippen LogP contribution in [0.15, 0.2) is 11.8 Å². The van der Waals surface area contributed by atoms with Crippen molar-refractivity contribution in [3.8, 4) is 0 Å². The van der Waals surface area contributed by atoms with Crippen LogP contribution in [0.2, 0.25) is 0 Å². The van der Waals surface area contributed by atoms with Crippen LogP contribution in [-0.2, 0) is 4.79 Å².